The maximum absolute atomic E-state index is 13.4. The summed E-state index contributed by atoms with van der Waals surface area (Å²) in [5, 5.41) is 11.8. The van der Waals surface area contributed by atoms with Gasteiger partial charge in [-0.15, -0.1) is 11.3 Å². The summed E-state index contributed by atoms with van der Waals surface area (Å²) in [7, 11) is 0. The molecule has 0 aliphatic heterocycles. The van der Waals surface area contributed by atoms with Crippen LogP contribution in [-0.4, -0.2) is 22.0 Å². The smallest absolute Gasteiger partial charge is 0.338 e. The van der Waals surface area contributed by atoms with Crippen molar-refractivity contribution in [3.63, 3.8) is 0 Å². The van der Waals surface area contributed by atoms with E-state index < -0.39 is 17.8 Å². The molecule has 7 heteroatoms. The highest BCUT2D eigenvalue weighted by molar-refractivity contribution is 7.16. The minimum atomic E-state index is -1.13. The fourth-order valence-electron chi connectivity index (χ4n) is 1.70. The van der Waals surface area contributed by atoms with E-state index in [0.29, 0.717) is 5.56 Å². The Morgan fingerprint density at radius 1 is 1.40 bits per heavy atom. The summed E-state index contributed by atoms with van der Waals surface area (Å²) in [5.74, 6) is -2.75. The van der Waals surface area contributed by atoms with Gasteiger partial charge in [-0.1, -0.05) is 0 Å². The molecule has 0 bridgehead atoms. The van der Waals surface area contributed by atoms with Gasteiger partial charge in [0, 0.05) is 11.1 Å². The first-order chi connectivity index (χ1) is 9.41. The predicted octanol–water partition coefficient (Wildman–Crippen LogP) is 2.85. The number of carbonyl (C=O) groups is 2. The number of carboxylic acids is 1. The van der Waals surface area contributed by atoms with Crippen molar-refractivity contribution in [3.05, 3.63) is 45.8 Å². The van der Waals surface area contributed by atoms with Crippen molar-refractivity contribution in [2.75, 3.05) is 5.32 Å². The molecule has 0 spiro atoms. The van der Waals surface area contributed by atoms with Gasteiger partial charge in [-0.2, -0.15) is 4.39 Å². The third kappa shape index (κ3) is 2.53. The van der Waals surface area contributed by atoms with E-state index in [4.69, 9.17) is 5.11 Å². The molecule has 0 saturated heterocycles. The number of aryl methyl sites for hydroxylation is 1. The molecule has 0 aromatic carbocycles. The van der Waals surface area contributed by atoms with Crippen LogP contribution in [0, 0.1) is 19.8 Å². The van der Waals surface area contributed by atoms with Crippen LogP contribution in [0.25, 0.3) is 0 Å². The SMILES string of the molecule is Cc1sc(NC(=O)c2cccnc2F)c(C(=O)O)c1C. The molecule has 0 atom stereocenters. The number of hydrogen-bond donors (Lipinski definition) is 2. The number of aromatic nitrogens is 1. The Bertz CT molecular complexity index is 697. The summed E-state index contributed by atoms with van der Waals surface area (Å²) in [6.07, 6.45) is 1.23. The third-order valence-electron chi connectivity index (χ3n) is 2.83. The normalized spacial score (nSPS) is 10.3. The number of halogens is 1. The summed E-state index contributed by atoms with van der Waals surface area (Å²) in [6, 6.07) is 2.71. The molecule has 0 aliphatic rings. The average Bonchev–Trinajstić information content (AvgIpc) is 2.65. The van der Waals surface area contributed by atoms with Crippen LogP contribution in [-0.2, 0) is 0 Å². The lowest BCUT2D eigenvalue weighted by Crippen LogP contribution is -2.15. The van der Waals surface area contributed by atoms with Gasteiger partial charge >= 0.3 is 5.97 Å². The predicted molar refractivity (Wildman–Crippen MR) is 72.9 cm³/mol. The molecule has 0 saturated carbocycles. The van der Waals surface area contributed by atoms with Crippen molar-refractivity contribution >= 4 is 28.2 Å². The number of nitrogens with one attached hydrogen (secondary N) is 1. The van der Waals surface area contributed by atoms with Crippen LogP contribution in [0.3, 0.4) is 0 Å². The summed E-state index contributed by atoms with van der Waals surface area (Å²) in [5.41, 5.74) is 0.391. The molecule has 0 fully saturated rings. The fourth-order valence-corrected chi connectivity index (χ4v) is 2.75. The molecule has 2 rings (SSSR count). The van der Waals surface area contributed by atoms with Crippen LogP contribution in [0.5, 0.6) is 0 Å². The molecule has 1 amide bonds. The molecule has 2 heterocycles. The Morgan fingerprint density at radius 2 is 2.10 bits per heavy atom. The number of anilines is 1. The monoisotopic (exact) mass is 294 g/mol. The lowest BCUT2D eigenvalue weighted by atomic mass is 10.1. The van der Waals surface area contributed by atoms with E-state index in [-0.39, 0.29) is 16.1 Å². The van der Waals surface area contributed by atoms with Crippen LogP contribution in [0.2, 0.25) is 0 Å². The molecule has 2 aromatic heterocycles. The standard InChI is InChI=1S/C13H11FN2O3S/c1-6-7(2)20-12(9(6)13(18)19)16-11(17)8-4-3-5-15-10(8)14/h3-5H,1-2H3,(H,16,17)(H,18,19). The topological polar surface area (TPSA) is 79.3 Å². The number of pyridine rings is 1. The molecule has 104 valence electrons. The van der Waals surface area contributed by atoms with Crippen LogP contribution >= 0.6 is 11.3 Å². The molecule has 2 aromatic rings. The molecule has 5 nitrogen and oxygen atoms in total. The van der Waals surface area contributed by atoms with Gasteiger partial charge in [-0.05, 0) is 31.5 Å². The number of carboxylic acid groups (broad SMARTS) is 1. The number of rotatable bonds is 3. The zero-order valence-electron chi connectivity index (χ0n) is 10.7. The zero-order chi connectivity index (χ0) is 14.9. The lowest BCUT2D eigenvalue weighted by Gasteiger charge is -2.05. The summed E-state index contributed by atoms with van der Waals surface area (Å²) >= 11 is 1.14. The van der Waals surface area contributed by atoms with Crippen molar-refractivity contribution in [3.8, 4) is 0 Å². The van der Waals surface area contributed by atoms with Gasteiger partial charge in [0.15, 0.2) is 0 Å². The van der Waals surface area contributed by atoms with Crippen molar-refractivity contribution in [1.82, 2.24) is 4.98 Å². The fraction of sp³-hybridized carbons (Fsp3) is 0.154. The van der Waals surface area contributed by atoms with Crippen LogP contribution in [0.4, 0.5) is 9.39 Å². The highest BCUT2D eigenvalue weighted by atomic mass is 32.1. The van der Waals surface area contributed by atoms with E-state index in [1.807, 2.05) is 0 Å². The number of hydrogen-bond acceptors (Lipinski definition) is 4. The Labute approximate surface area is 118 Å². The van der Waals surface area contributed by atoms with E-state index in [2.05, 4.69) is 10.3 Å². The van der Waals surface area contributed by atoms with Gasteiger partial charge in [0.1, 0.15) is 5.00 Å². The van der Waals surface area contributed by atoms with Crippen LogP contribution in [0.1, 0.15) is 31.2 Å². The molecule has 0 radical (unpaired) electrons. The number of aromatic carboxylic acids is 1. The molecular weight excluding hydrogens is 283 g/mol. The van der Waals surface area contributed by atoms with E-state index in [1.165, 1.54) is 18.3 Å². The minimum absolute atomic E-state index is 0.0325. The average molecular weight is 294 g/mol. The van der Waals surface area contributed by atoms with E-state index in [1.54, 1.807) is 13.8 Å². The minimum Gasteiger partial charge on any atom is -0.478 e. The highest BCUT2D eigenvalue weighted by Crippen LogP contribution is 2.32. The molecule has 20 heavy (non-hydrogen) atoms. The highest BCUT2D eigenvalue weighted by Gasteiger charge is 2.21. The second-order valence-electron chi connectivity index (χ2n) is 4.09. The molecular formula is C13H11FN2O3S. The van der Waals surface area contributed by atoms with Gasteiger partial charge in [-0.3, -0.25) is 4.79 Å². The molecule has 0 unspecified atom stereocenters. The van der Waals surface area contributed by atoms with Gasteiger partial charge in [-0.25, -0.2) is 9.78 Å². The van der Waals surface area contributed by atoms with E-state index in [9.17, 15) is 14.0 Å². The van der Waals surface area contributed by atoms with E-state index >= 15 is 0 Å². The first kappa shape index (κ1) is 14.1. The summed E-state index contributed by atoms with van der Waals surface area (Å²) in [6.45, 7) is 3.42. The quantitative estimate of drug-likeness (QED) is 0.853. The first-order valence-corrected chi connectivity index (χ1v) is 6.48. The van der Waals surface area contributed by atoms with Crippen molar-refractivity contribution < 1.29 is 19.1 Å². The number of nitrogens with zero attached hydrogens (tertiary/aromatic N) is 1. The zero-order valence-corrected chi connectivity index (χ0v) is 11.5. The maximum atomic E-state index is 13.4. The van der Waals surface area contributed by atoms with Crippen molar-refractivity contribution in [1.29, 1.82) is 0 Å². The van der Waals surface area contributed by atoms with Gasteiger partial charge < -0.3 is 10.4 Å². The van der Waals surface area contributed by atoms with Gasteiger partial charge in [0.05, 0.1) is 11.1 Å². The largest absolute Gasteiger partial charge is 0.478 e. The number of carbonyl (C=O) groups excluding carboxylic acids is 1. The van der Waals surface area contributed by atoms with Gasteiger partial charge in [0.2, 0.25) is 5.95 Å². The Kier molecular flexibility index (Phi) is 3.80. The number of amides is 1. The van der Waals surface area contributed by atoms with Crippen LogP contribution < -0.4 is 5.32 Å². The van der Waals surface area contributed by atoms with E-state index in [0.717, 1.165) is 16.2 Å². The molecule has 2 N–H and O–H groups in total. The second-order valence-corrected chi connectivity index (χ2v) is 5.31. The Hall–Kier alpha value is -2.28. The van der Waals surface area contributed by atoms with Crippen molar-refractivity contribution in [2.45, 2.75) is 13.8 Å². The first-order valence-electron chi connectivity index (χ1n) is 5.67. The Balaban J connectivity index is 2.36. The second kappa shape index (κ2) is 5.38. The summed E-state index contributed by atoms with van der Waals surface area (Å²) < 4.78 is 13.4. The van der Waals surface area contributed by atoms with Crippen LogP contribution in [0.15, 0.2) is 18.3 Å². The third-order valence-corrected chi connectivity index (χ3v) is 3.95. The lowest BCUT2D eigenvalue weighted by molar-refractivity contribution is 0.0697. The number of thiophene rings is 1. The summed E-state index contributed by atoms with van der Waals surface area (Å²) in [4.78, 5) is 27.3. The van der Waals surface area contributed by atoms with Gasteiger partial charge in [0.25, 0.3) is 5.91 Å². The maximum Gasteiger partial charge on any atom is 0.338 e. The van der Waals surface area contributed by atoms with Crippen molar-refractivity contribution in [2.24, 2.45) is 0 Å². The Morgan fingerprint density at radius 3 is 2.70 bits per heavy atom. The molecule has 0 aliphatic carbocycles.